The summed E-state index contributed by atoms with van der Waals surface area (Å²) >= 11 is 3.44. The van der Waals surface area contributed by atoms with Crippen LogP contribution in [0.5, 0.6) is 5.75 Å². The fourth-order valence-corrected chi connectivity index (χ4v) is 3.12. The molecule has 0 saturated carbocycles. The average Bonchev–Trinajstić information content (AvgIpc) is 3.11. The topological polar surface area (TPSA) is 55.6 Å². The molecule has 6 heteroatoms. The van der Waals surface area contributed by atoms with E-state index >= 15 is 0 Å². The van der Waals surface area contributed by atoms with Crippen LogP contribution < -0.4 is 10.1 Å². The van der Waals surface area contributed by atoms with E-state index in [1.165, 1.54) is 0 Å². The lowest BCUT2D eigenvalue weighted by Crippen LogP contribution is -2.13. The molecule has 2 aromatic carbocycles. The van der Waals surface area contributed by atoms with E-state index in [1.54, 1.807) is 25.3 Å². The number of halogens is 1. The number of anilines is 1. The Labute approximate surface area is 164 Å². The Morgan fingerprint density at radius 2 is 1.81 bits per heavy atom. The second-order valence-electron chi connectivity index (χ2n) is 5.97. The van der Waals surface area contributed by atoms with Crippen LogP contribution in [0.3, 0.4) is 0 Å². The lowest BCUT2D eigenvalue weighted by molar-refractivity contribution is 0.102. The van der Waals surface area contributed by atoms with Crippen molar-refractivity contribution in [2.45, 2.75) is 0 Å². The van der Waals surface area contributed by atoms with Crippen molar-refractivity contribution in [1.29, 1.82) is 0 Å². The molecule has 0 fully saturated rings. The maximum absolute atomic E-state index is 12.6. The molecule has 4 rings (SSSR count). The van der Waals surface area contributed by atoms with Gasteiger partial charge in [-0.2, -0.15) is 0 Å². The molecule has 0 bridgehead atoms. The Balaban J connectivity index is 1.62. The van der Waals surface area contributed by atoms with Gasteiger partial charge in [0.1, 0.15) is 11.4 Å². The van der Waals surface area contributed by atoms with Crippen molar-refractivity contribution in [3.63, 3.8) is 0 Å². The molecule has 27 heavy (non-hydrogen) atoms. The summed E-state index contributed by atoms with van der Waals surface area (Å²) in [6, 6.07) is 18.8. The first-order valence-electron chi connectivity index (χ1n) is 8.33. The number of amides is 1. The van der Waals surface area contributed by atoms with Crippen LogP contribution in [-0.4, -0.2) is 22.4 Å². The molecule has 2 heterocycles. The number of rotatable bonds is 4. The largest absolute Gasteiger partial charge is 0.496 e. The number of benzene rings is 2. The van der Waals surface area contributed by atoms with Gasteiger partial charge in [-0.15, -0.1) is 0 Å². The van der Waals surface area contributed by atoms with E-state index in [2.05, 4.69) is 26.2 Å². The summed E-state index contributed by atoms with van der Waals surface area (Å²) in [6.07, 6.45) is 3.79. The third-order valence-corrected chi connectivity index (χ3v) is 4.73. The van der Waals surface area contributed by atoms with Gasteiger partial charge in [0.15, 0.2) is 0 Å². The van der Waals surface area contributed by atoms with Gasteiger partial charge in [0, 0.05) is 22.4 Å². The quantitative estimate of drug-likeness (QED) is 0.502. The van der Waals surface area contributed by atoms with Crippen LogP contribution in [-0.2, 0) is 0 Å². The van der Waals surface area contributed by atoms with Gasteiger partial charge < -0.3 is 14.5 Å². The van der Waals surface area contributed by atoms with E-state index in [-0.39, 0.29) is 5.91 Å². The normalized spacial score (nSPS) is 10.7. The van der Waals surface area contributed by atoms with Gasteiger partial charge in [0.2, 0.25) is 0 Å². The number of ether oxygens (including phenoxy) is 1. The highest BCUT2D eigenvalue weighted by atomic mass is 79.9. The van der Waals surface area contributed by atoms with Crippen LogP contribution in [0.2, 0.25) is 0 Å². The number of imidazole rings is 1. The SMILES string of the molecule is COc1ccccc1C(=O)Nc1ccc2nc(-c3ccc(Br)cc3)cn2c1. The number of carbonyl (C=O) groups excluding carboxylic acids is 1. The highest BCUT2D eigenvalue weighted by Crippen LogP contribution is 2.23. The van der Waals surface area contributed by atoms with E-state index in [9.17, 15) is 4.79 Å². The van der Waals surface area contributed by atoms with Gasteiger partial charge >= 0.3 is 0 Å². The highest BCUT2D eigenvalue weighted by molar-refractivity contribution is 9.10. The number of pyridine rings is 1. The molecule has 134 valence electrons. The lowest BCUT2D eigenvalue weighted by Gasteiger charge is -2.09. The van der Waals surface area contributed by atoms with E-state index in [0.717, 1.165) is 21.4 Å². The van der Waals surface area contributed by atoms with E-state index < -0.39 is 0 Å². The zero-order valence-electron chi connectivity index (χ0n) is 14.5. The van der Waals surface area contributed by atoms with Crippen molar-refractivity contribution in [2.24, 2.45) is 0 Å². The molecule has 0 aliphatic heterocycles. The van der Waals surface area contributed by atoms with Crippen molar-refractivity contribution < 1.29 is 9.53 Å². The molecule has 0 unspecified atom stereocenters. The molecule has 0 saturated heterocycles. The number of aromatic nitrogens is 2. The van der Waals surface area contributed by atoms with Gasteiger partial charge in [-0.25, -0.2) is 4.98 Å². The molecule has 0 spiro atoms. The van der Waals surface area contributed by atoms with Crippen molar-refractivity contribution in [1.82, 2.24) is 9.38 Å². The standard InChI is InChI=1S/C21H16BrN3O2/c1-27-19-5-3-2-4-17(19)21(26)23-16-10-11-20-24-18(13-25(20)12-16)14-6-8-15(22)9-7-14/h2-13H,1H3,(H,23,26). The Morgan fingerprint density at radius 1 is 1.04 bits per heavy atom. The highest BCUT2D eigenvalue weighted by Gasteiger charge is 2.12. The maximum atomic E-state index is 12.6. The number of fused-ring (bicyclic) bond motifs is 1. The van der Waals surface area contributed by atoms with Crippen LogP contribution in [0.4, 0.5) is 5.69 Å². The van der Waals surface area contributed by atoms with Crippen molar-refractivity contribution in [2.75, 3.05) is 12.4 Å². The Kier molecular flexibility index (Phi) is 4.64. The summed E-state index contributed by atoms with van der Waals surface area (Å²) in [6.45, 7) is 0. The van der Waals surface area contributed by atoms with Gasteiger partial charge in [0.05, 0.1) is 24.1 Å². The van der Waals surface area contributed by atoms with Crippen molar-refractivity contribution in [3.05, 3.63) is 83.1 Å². The minimum Gasteiger partial charge on any atom is -0.496 e. The van der Waals surface area contributed by atoms with Gasteiger partial charge in [0.25, 0.3) is 5.91 Å². The molecule has 0 radical (unpaired) electrons. The van der Waals surface area contributed by atoms with Gasteiger partial charge in [-0.05, 0) is 36.4 Å². The number of methoxy groups -OCH3 is 1. The molecule has 0 aliphatic carbocycles. The fraction of sp³-hybridized carbons (Fsp3) is 0.0476. The van der Waals surface area contributed by atoms with Crippen LogP contribution in [0.1, 0.15) is 10.4 Å². The first kappa shape index (κ1) is 17.3. The summed E-state index contributed by atoms with van der Waals surface area (Å²) in [7, 11) is 1.55. The lowest BCUT2D eigenvalue weighted by atomic mass is 10.2. The molecule has 5 nitrogen and oxygen atoms in total. The monoisotopic (exact) mass is 421 g/mol. The Hall–Kier alpha value is -3.12. The van der Waals surface area contributed by atoms with E-state index in [1.807, 2.05) is 59.3 Å². The summed E-state index contributed by atoms with van der Waals surface area (Å²) in [5, 5.41) is 2.91. The zero-order chi connectivity index (χ0) is 18.8. The number of hydrogen-bond acceptors (Lipinski definition) is 3. The molecular formula is C21H16BrN3O2. The number of nitrogens with zero attached hydrogens (tertiary/aromatic N) is 2. The number of para-hydroxylation sites is 1. The second kappa shape index (κ2) is 7.25. The molecular weight excluding hydrogens is 406 g/mol. The summed E-state index contributed by atoms with van der Waals surface area (Å²) in [5.74, 6) is 0.316. The summed E-state index contributed by atoms with van der Waals surface area (Å²) in [5.41, 5.74) is 3.87. The molecule has 1 N–H and O–H groups in total. The minimum absolute atomic E-state index is 0.222. The van der Waals surface area contributed by atoms with Crippen LogP contribution in [0.25, 0.3) is 16.9 Å². The average molecular weight is 422 g/mol. The molecule has 4 aromatic rings. The minimum atomic E-state index is -0.222. The van der Waals surface area contributed by atoms with Crippen molar-refractivity contribution in [3.8, 4) is 17.0 Å². The third kappa shape index (κ3) is 3.57. The van der Waals surface area contributed by atoms with Crippen LogP contribution >= 0.6 is 15.9 Å². The first-order valence-corrected chi connectivity index (χ1v) is 9.12. The number of hydrogen-bond donors (Lipinski definition) is 1. The molecule has 0 aliphatic rings. The molecule has 2 aromatic heterocycles. The summed E-state index contributed by atoms with van der Waals surface area (Å²) < 4.78 is 8.18. The van der Waals surface area contributed by atoms with Gasteiger partial charge in [-0.1, -0.05) is 40.2 Å². The summed E-state index contributed by atoms with van der Waals surface area (Å²) in [4.78, 5) is 17.2. The molecule has 0 atom stereocenters. The molecule has 1 amide bonds. The fourth-order valence-electron chi connectivity index (χ4n) is 2.86. The van der Waals surface area contributed by atoms with E-state index in [0.29, 0.717) is 17.0 Å². The smallest absolute Gasteiger partial charge is 0.259 e. The van der Waals surface area contributed by atoms with Gasteiger partial charge in [-0.3, -0.25) is 4.79 Å². The number of nitrogens with one attached hydrogen (secondary N) is 1. The van der Waals surface area contributed by atoms with Crippen LogP contribution in [0, 0.1) is 0 Å². The van der Waals surface area contributed by atoms with Crippen molar-refractivity contribution >= 4 is 33.2 Å². The predicted molar refractivity (Wildman–Crippen MR) is 109 cm³/mol. The number of carbonyl (C=O) groups is 1. The van der Waals surface area contributed by atoms with E-state index in [4.69, 9.17) is 4.74 Å². The zero-order valence-corrected chi connectivity index (χ0v) is 16.1. The first-order chi connectivity index (χ1) is 13.1. The Morgan fingerprint density at radius 3 is 2.59 bits per heavy atom. The van der Waals surface area contributed by atoms with Crippen LogP contribution in [0.15, 0.2) is 77.5 Å². The third-order valence-electron chi connectivity index (χ3n) is 4.20. The predicted octanol–water partition coefficient (Wildman–Crippen LogP) is 5.02. The Bertz CT molecular complexity index is 1120. The second-order valence-corrected chi connectivity index (χ2v) is 6.89. The maximum Gasteiger partial charge on any atom is 0.259 e.